The van der Waals surface area contributed by atoms with Gasteiger partial charge >= 0.3 is 0 Å². The van der Waals surface area contributed by atoms with Crippen LogP contribution in [0.25, 0.3) is 0 Å². The minimum atomic E-state index is 0.259. The lowest BCUT2D eigenvalue weighted by atomic mass is 10.1. The van der Waals surface area contributed by atoms with Crippen LogP contribution in [0.3, 0.4) is 0 Å². The van der Waals surface area contributed by atoms with Crippen molar-refractivity contribution in [3.05, 3.63) is 17.7 Å². The van der Waals surface area contributed by atoms with Gasteiger partial charge in [-0.1, -0.05) is 13.3 Å². The first-order valence-corrected chi connectivity index (χ1v) is 4.43. The Labute approximate surface area is 76.9 Å². The van der Waals surface area contributed by atoms with E-state index in [0.717, 1.165) is 24.2 Å². The lowest BCUT2D eigenvalue weighted by Gasteiger charge is -2.06. The minimum Gasteiger partial charge on any atom is -0.508 e. The first-order valence-electron chi connectivity index (χ1n) is 4.43. The number of benzene rings is 1. The molecule has 0 fully saturated rings. The second-order valence-electron chi connectivity index (χ2n) is 3.05. The van der Waals surface area contributed by atoms with E-state index in [9.17, 15) is 5.11 Å². The summed E-state index contributed by atoms with van der Waals surface area (Å²) in [5, 5.41) is 9.57. The second-order valence-corrected chi connectivity index (χ2v) is 3.05. The molecule has 0 amide bonds. The molecule has 2 rings (SSSR count). The molecule has 0 saturated carbocycles. The smallest absolute Gasteiger partial charge is 0.231 e. The molecule has 3 heteroatoms. The molecule has 1 N–H and O–H groups in total. The summed E-state index contributed by atoms with van der Waals surface area (Å²) >= 11 is 0. The van der Waals surface area contributed by atoms with Crippen LogP contribution < -0.4 is 9.47 Å². The van der Waals surface area contributed by atoms with Crippen LogP contribution in [0.2, 0.25) is 0 Å². The molecule has 0 spiro atoms. The third kappa shape index (κ3) is 1.30. The monoisotopic (exact) mass is 180 g/mol. The number of fused-ring (bicyclic) bond motifs is 1. The zero-order chi connectivity index (χ0) is 9.26. The molecule has 0 bridgehead atoms. The van der Waals surface area contributed by atoms with E-state index in [1.165, 1.54) is 0 Å². The van der Waals surface area contributed by atoms with Crippen LogP contribution >= 0.6 is 0 Å². The van der Waals surface area contributed by atoms with Crippen molar-refractivity contribution in [3.8, 4) is 17.2 Å². The molecule has 0 aliphatic carbocycles. The molecule has 1 aromatic rings. The van der Waals surface area contributed by atoms with Gasteiger partial charge in [0.05, 0.1) is 0 Å². The van der Waals surface area contributed by atoms with Gasteiger partial charge in [0.1, 0.15) is 5.75 Å². The van der Waals surface area contributed by atoms with E-state index < -0.39 is 0 Å². The molecular formula is C10H12O3. The van der Waals surface area contributed by atoms with Crippen molar-refractivity contribution >= 4 is 0 Å². The summed E-state index contributed by atoms with van der Waals surface area (Å²) in [6, 6.07) is 3.38. The summed E-state index contributed by atoms with van der Waals surface area (Å²) in [6.45, 7) is 2.32. The molecule has 1 heterocycles. The van der Waals surface area contributed by atoms with E-state index in [1.807, 2.05) is 0 Å². The maximum absolute atomic E-state index is 9.57. The van der Waals surface area contributed by atoms with E-state index in [-0.39, 0.29) is 6.79 Å². The first-order chi connectivity index (χ1) is 6.33. The molecule has 0 unspecified atom stereocenters. The first kappa shape index (κ1) is 8.23. The Balaban J connectivity index is 2.45. The molecule has 0 aromatic heterocycles. The van der Waals surface area contributed by atoms with Gasteiger partial charge in [-0.15, -0.1) is 0 Å². The van der Waals surface area contributed by atoms with Gasteiger partial charge in [-0.05, 0) is 18.6 Å². The number of rotatable bonds is 2. The summed E-state index contributed by atoms with van der Waals surface area (Å²) < 4.78 is 10.5. The van der Waals surface area contributed by atoms with Crippen molar-refractivity contribution in [2.24, 2.45) is 0 Å². The Hall–Kier alpha value is -1.38. The van der Waals surface area contributed by atoms with E-state index in [0.29, 0.717) is 11.5 Å². The van der Waals surface area contributed by atoms with E-state index >= 15 is 0 Å². The maximum atomic E-state index is 9.57. The molecule has 70 valence electrons. The van der Waals surface area contributed by atoms with Crippen LogP contribution in [0.15, 0.2) is 12.1 Å². The molecule has 1 aromatic carbocycles. The highest BCUT2D eigenvalue weighted by molar-refractivity contribution is 5.54. The highest BCUT2D eigenvalue weighted by atomic mass is 16.7. The number of phenolic OH excluding ortho intramolecular Hbond substituents is 1. The summed E-state index contributed by atoms with van der Waals surface area (Å²) in [7, 11) is 0. The van der Waals surface area contributed by atoms with Crippen LogP contribution in [0.4, 0.5) is 0 Å². The predicted octanol–water partition coefficient (Wildman–Crippen LogP) is 2.07. The quantitative estimate of drug-likeness (QED) is 0.757. The minimum absolute atomic E-state index is 0.259. The summed E-state index contributed by atoms with van der Waals surface area (Å²) in [6.07, 6.45) is 1.80. The zero-order valence-electron chi connectivity index (χ0n) is 7.54. The lowest BCUT2D eigenvalue weighted by molar-refractivity contribution is 0.173. The summed E-state index contributed by atoms with van der Waals surface area (Å²) in [5.41, 5.74) is 0.859. The predicted molar refractivity (Wildman–Crippen MR) is 48.2 cm³/mol. The highest BCUT2D eigenvalue weighted by Gasteiger charge is 2.19. The standard InChI is InChI=1S/C10H12O3/c1-2-3-7-8(11)4-5-9-10(7)13-6-12-9/h4-5,11H,2-3,6H2,1H3. The Morgan fingerprint density at radius 1 is 1.38 bits per heavy atom. The summed E-state index contributed by atoms with van der Waals surface area (Å²) in [4.78, 5) is 0. The van der Waals surface area contributed by atoms with Gasteiger partial charge in [-0.2, -0.15) is 0 Å². The largest absolute Gasteiger partial charge is 0.508 e. The van der Waals surface area contributed by atoms with Gasteiger partial charge in [-0.25, -0.2) is 0 Å². The number of hydrogen-bond acceptors (Lipinski definition) is 3. The molecule has 13 heavy (non-hydrogen) atoms. The SMILES string of the molecule is CCCc1c(O)ccc2c1OCO2. The highest BCUT2D eigenvalue weighted by Crippen LogP contribution is 2.40. The van der Waals surface area contributed by atoms with Crippen LogP contribution in [-0.2, 0) is 6.42 Å². The molecule has 0 radical (unpaired) electrons. The van der Waals surface area contributed by atoms with Crippen molar-refractivity contribution in [3.63, 3.8) is 0 Å². The topological polar surface area (TPSA) is 38.7 Å². The molecule has 0 atom stereocenters. The van der Waals surface area contributed by atoms with Crippen LogP contribution in [0, 0.1) is 0 Å². The molecule has 3 nitrogen and oxygen atoms in total. The van der Waals surface area contributed by atoms with Crippen molar-refractivity contribution < 1.29 is 14.6 Å². The molecule has 0 saturated heterocycles. The van der Waals surface area contributed by atoms with Gasteiger partial charge in [0.15, 0.2) is 11.5 Å². The number of phenols is 1. The Kier molecular flexibility index (Phi) is 2.00. The van der Waals surface area contributed by atoms with E-state index in [1.54, 1.807) is 12.1 Å². The fourth-order valence-corrected chi connectivity index (χ4v) is 1.51. The van der Waals surface area contributed by atoms with Crippen LogP contribution in [-0.4, -0.2) is 11.9 Å². The maximum Gasteiger partial charge on any atom is 0.231 e. The molecule has 1 aliphatic heterocycles. The van der Waals surface area contributed by atoms with Crippen LogP contribution in [0.1, 0.15) is 18.9 Å². The Morgan fingerprint density at radius 3 is 3.00 bits per heavy atom. The average molecular weight is 180 g/mol. The Morgan fingerprint density at radius 2 is 2.23 bits per heavy atom. The van der Waals surface area contributed by atoms with Gasteiger partial charge < -0.3 is 14.6 Å². The van der Waals surface area contributed by atoms with Gasteiger partial charge in [-0.3, -0.25) is 0 Å². The Bertz CT molecular complexity index is 320. The fourth-order valence-electron chi connectivity index (χ4n) is 1.51. The fraction of sp³-hybridized carbons (Fsp3) is 0.400. The number of aromatic hydroxyl groups is 1. The zero-order valence-corrected chi connectivity index (χ0v) is 7.54. The van der Waals surface area contributed by atoms with Crippen molar-refractivity contribution in [1.82, 2.24) is 0 Å². The third-order valence-corrected chi connectivity index (χ3v) is 2.12. The normalized spacial score (nSPS) is 13.3. The van der Waals surface area contributed by atoms with E-state index in [2.05, 4.69) is 6.92 Å². The van der Waals surface area contributed by atoms with Crippen molar-refractivity contribution in [2.75, 3.05) is 6.79 Å². The number of hydrogen-bond donors (Lipinski definition) is 1. The average Bonchev–Trinajstić information content (AvgIpc) is 2.58. The molecular weight excluding hydrogens is 168 g/mol. The van der Waals surface area contributed by atoms with Gasteiger partial charge in [0.25, 0.3) is 0 Å². The van der Waals surface area contributed by atoms with Crippen molar-refractivity contribution in [1.29, 1.82) is 0 Å². The van der Waals surface area contributed by atoms with Gasteiger partial charge in [0, 0.05) is 5.56 Å². The van der Waals surface area contributed by atoms with Crippen molar-refractivity contribution in [2.45, 2.75) is 19.8 Å². The lowest BCUT2D eigenvalue weighted by Crippen LogP contribution is -1.94. The van der Waals surface area contributed by atoms with Crippen LogP contribution in [0.5, 0.6) is 17.2 Å². The van der Waals surface area contributed by atoms with Gasteiger partial charge in [0.2, 0.25) is 6.79 Å². The summed E-state index contributed by atoms with van der Waals surface area (Å²) in [5.74, 6) is 1.74. The number of ether oxygens (including phenoxy) is 2. The third-order valence-electron chi connectivity index (χ3n) is 2.12. The van der Waals surface area contributed by atoms with E-state index in [4.69, 9.17) is 9.47 Å². The molecule has 1 aliphatic rings. The second kappa shape index (κ2) is 3.17.